The van der Waals surface area contributed by atoms with E-state index in [2.05, 4.69) is 37.2 Å². The van der Waals surface area contributed by atoms with Gasteiger partial charge in [0.2, 0.25) is 0 Å². The molecule has 15 heavy (non-hydrogen) atoms. The maximum absolute atomic E-state index is 5.18. The fourth-order valence-electron chi connectivity index (χ4n) is 1.75. The minimum absolute atomic E-state index is 0.893. The van der Waals surface area contributed by atoms with Crippen LogP contribution in [0.1, 0.15) is 22.5 Å². The Hall–Kier alpha value is -1.57. The quantitative estimate of drug-likeness (QED) is 0.704. The van der Waals surface area contributed by atoms with Crippen LogP contribution in [0, 0.1) is 27.7 Å². The minimum atomic E-state index is 0.893. The number of aryl methyl sites for hydroxylation is 3. The van der Waals surface area contributed by atoms with E-state index in [4.69, 9.17) is 4.52 Å². The first-order valence-corrected chi connectivity index (χ1v) is 5.10. The van der Waals surface area contributed by atoms with Crippen molar-refractivity contribution in [1.29, 1.82) is 0 Å². The van der Waals surface area contributed by atoms with Crippen molar-refractivity contribution in [3.63, 3.8) is 0 Å². The van der Waals surface area contributed by atoms with Crippen LogP contribution in [0.3, 0.4) is 0 Å². The molecule has 0 saturated heterocycles. The van der Waals surface area contributed by atoms with E-state index in [1.54, 1.807) is 0 Å². The highest BCUT2D eigenvalue weighted by atomic mass is 16.5. The second kappa shape index (κ2) is 3.54. The maximum atomic E-state index is 5.18. The summed E-state index contributed by atoms with van der Waals surface area (Å²) in [4.78, 5) is 0. The highest BCUT2D eigenvalue weighted by Gasteiger charge is 2.11. The number of hydrogen-bond acceptors (Lipinski definition) is 2. The SMILES string of the molecule is Cc1ccc(-c2noc(C)c2C)c(C)c1. The van der Waals surface area contributed by atoms with Crippen LogP contribution in [0.5, 0.6) is 0 Å². The number of nitrogens with zero attached hydrogens (tertiary/aromatic N) is 1. The summed E-state index contributed by atoms with van der Waals surface area (Å²) in [5.41, 5.74) is 5.77. The van der Waals surface area contributed by atoms with Crippen molar-refractivity contribution in [2.45, 2.75) is 27.7 Å². The van der Waals surface area contributed by atoms with Crippen molar-refractivity contribution >= 4 is 0 Å². The molecule has 0 fully saturated rings. The second-order valence-corrected chi connectivity index (χ2v) is 4.03. The van der Waals surface area contributed by atoms with Gasteiger partial charge in [0.05, 0.1) is 0 Å². The Kier molecular flexibility index (Phi) is 2.35. The number of benzene rings is 1. The smallest absolute Gasteiger partial charge is 0.137 e. The molecule has 0 radical (unpaired) electrons. The van der Waals surface area contributed by atoms with Gasteiger partial charge >= 0.3 is 0 Å². The minimum Gasteiger partial charge on any atom is -0.361 e. The summed E-state index contributed by atoms with van der Waals surface area (Å²) in [5, 5.41) is 4.10. The van der Waals surface area contributed by atoms with E-state index < -0.39 is 0 Å². The Balaban J connectivity index is 2.59. The molecule has 78 valence electrons. The third kappa shape index (κ3) is 1.67. The molecule has 0 amide bonds. The second-order valence-electron chi connectivity index (χ2n) is 4.03. The van der Waals surface area contributed by atoms with Crippen molar-refractivity contribution < 1.29 is 4.52 Å². The van der Waals surface area contributed by atoms with E-state index in [9.17, 15) is 0 Å². The van der Waals surface area contributed by atoms with E-state index in [0.717, 1.165) is 22.6 Å². The van der Waals surface area contributed by atoms with E-state index in [1.165, 1.54) is 11.1 Å². The summed E-state index contributed by atoms with van der Waals surface area (Å²) >= 11 is 0. The van der Waals surface area contributed by atoms with Gasteiger partial charge in [-0.2, -0.15) is 0 Å². The molecule has 0 saturated carbocycles. The summed E-state index contributed by atoms with van der Waals surface area (Å²) < 4.78 is 5.18. The summed E-state index contributed by atoms with van der Waals surface area (Å²) in [7, 11) is 0. The van der Waals surface area contributed by atoms with Crippen molar-refractivity contribution in [2.24, 2.45) is 0 Å². The van der Waals surface area contributed by atoms with Crippen LogP contribution in [-0.4, -0.2) is 5.16 Å². The number of hydrogen-bond donors (Lipinski definition) is 0. The van der Waals surface area contributed by atoms with Crippen LogP contribution in [0.15, 0.2) is 22.7 Å². The summed E-state index contributed by atoms with van der Waals surface area (Å²) in [6.07, 6.45) is 0. The molecular weight excluding hydrogens is 186 g/mol. The van der Waals surface area contributed by atoms with Gasteiger partial charge in [-0.15, -0.1) is 0 Å². The Morgan fingerprint density at radius 1 is 1.07 bits per heavy atom. The molecular formula is C13H15NO. The van der Waals surface area contributed by atoms with Crippen molar-refractivity contribution in [3.8, 4) is 11.3 Å². The molecule has 2 heteroatoms. The Morgan fingerprint density at radius 3 is 2.33 bits per heavy atom. The lowest BCUT2D eigenvalue weighted by molar-refractivity contribution is 0.398. The lowest BCUT2D eigenvalue weighted by atomic mass is 10.0. The fourth-order valence-corrected chi connectivity index (χ4v) is 1.75. The van der Waals surface area contributed by atoms with E-state index in [-0.39, 0.29) is 0 Å². The van der Waals surface area contributed by atoms with Crippen molar-refractivity contribution in [2.75, 3.05) is 0 Å². The van der Waals surface area contributed by atoms with Gasteiger partial charge in [0.1, 0.15) is 11.5 Å². The first-order chi connectivity index (χ1) is 7.09. The predicted molar refractivity (Wildman–Crippen MR) is 60.9 cm³/mol. The lowest BCUT2D eigenvalue weighted by Crippen LogP contribution is -1.87. The van der Waals surface area contributed by atoms with Gasteiger partial charge in [-0.05, 0) is 33.3 Å². The molecule has 0 spiro atoms. The maximum Gasteiger partial charge on any atom is 0.137 e. The Bertz CT molecular complexity index is 497. The lowest BCUT2D eigenvalue weighted by Gasteiger charge is -2.04. The third-order valence-electron chi connectivity index (χ3n) is 2.79. The monoisotopic (exact) mass is 201 g/mol. The molecule has 1 heterocycles. The molecule has 0 N–H and O–H groups in total. The molecule has 1 aromatic carbocycles. The topological polar surface area (TPSA) is 26.0 Å². The Labute approximate surface area is 89.9 Å². The highest BCUT2D eigenvalue weighted by Crippen LogP contribution is 2.27. The molecule has 0 unspecified atom stereocenters. The van der Waals surface area contributed by atoms with Gasteiger partial charge in [-0.25, -0.2) is 0 Å². The standard InChI is InChI=1S/C13H15NO/c1-8-5-6-12(9(2)7-8)13-10(3)11(4)15-14-13/h5-7H,1-4H3. The summed E-state index contributed by atoms with van der Waals surface area (Å²) in [5.74, 6) is 0.893. The highest BCUT2D eigenvalue weighted by molar-refractivity contribution is 5.67. The molecule has 0 aliphatic carbocycles. The Morgan fingerprint density at radius 2 is 1.80 bits per heavy atom. The van der Waals surface area contributed by atoms with Crippen LogP contribution in [0.2, 0.25) is 0 Å². The van der Waals surface area contributed by atoms with E-state index in [0.29, 0.717) is 0 Å². The van der Waals surface area contributed by atoms with Crippen molar-refractivity contribution in [1.82, 2.24) is 5.16 Å². The zero-order valence-corrected chi connectivity index (χ0v) is 9.59. The normalized spacial score (nSPS) is 10.7. The molecule has 2 aromatic rings. The number of aromatic nitrogens is 1. The zero-order valence-electron chi connectivity index (χ0n) is 9.59. The van der Waals surface area contributed by atoms with Gasteiger partial charge in [0, 0.05) is 11.1 Å². The zero-order chi connectivity index (χ0) is 11.0. The first-order valence-electron chi connectivity index (χ1n) is 5.10. The largest absolute Gasteiger partial charge is 0.361 e. The third-order valence-corrected chi connectivity index (χ3v) is 2.79. The molecule has 0 bridgehead atoms. The molecule has 2 nitrogen and oxygen atoms in total. The molecule has 2 rings (SSSR count). The van der Waals surface area contributed by atoms with Gasteiger partial charge in [-0.1, -0.05) is 28.9 Å². The summed E-state index contributed by atoms with van der Waals surface area (Å²) in [6.45, 7) is 8.18. The predicted octanol–water partition coefficient (Wildman–Crippen LogP) is 3.58. The molecule has 0 atom stereocenters. The average Bonchev–Trinajstić information content (AvgIpc) is 2.49. The average molecular weight is 201 g/mol. The number of rotatable bonds is 1. The van der Waals surface area contributed by atoms with Gasteiger partial charge < -0.3 is 4.52 Å². The molecule has 0 aliphatic heterocycles. The van der Waals surface area contributed by atoms with Gasteiger partial charge in [0.25, 0.3) is 0 Å². The van der Waals surface area contributed by atoms with Crippen LogP contribution >= 0.6 is 0 Å². The van der Waals surface area contributed by atoms with E-state index in [1.807, 2.05) is 13.8 Å². The van der Waals surface area contributed by atoms with Crippen molar-refractivity contribution in [3.05, 3.63) is 40.6 Å². The molecule has 1 aromatic heterocycles. The first kappa shape index (κ1) is 9.97. The molecule has 0 aliphatic rings. The fraction of sp³-hybridized carbons (Fsp3) is 0.308. The van der Waals surface area contributed by atoms with E-state index >= 15 is 0 Å². The van der Waals surface area contributed by atoms with Crippen LogP contribution in [0.25, 0.3) is 11.3 Å². The summed E-state index contributed by atoms with van der Waals surface area (Å²) in [6, 6.07) is 6.37. The van der Waals surface area contributed by atoms with Crippen LogP contribution in [-0.2, 0) is 0 Å². The van der Waals surface area contributed by atoms with Gasteiger partial charge in [0.15, 0.2) is 0 Å². The van der Waals surface area contributed by atoms with Crippen LogP contribution < -0.4 is 0 Å². The van der Waals surface area contributed by atoms with Gasteiger partial charge in [-0.3, -0.25) is 0 Å². The van der Waals surface area contributed by atoms with Crippen LogP contribution in [0.4, 0.5) is 0 Å².